The quantitative estimate of drug-likeness (QED) is 0.296. The minimum atomic E-state index is -0.676. The van der Waals surface area contributed by atoms with E-state index in [1.165, 1.54) is 17.8 Å². The minimum Gasteiger partial charge on any atom is -0.462 e. The maximum atomic E-state index is 16.2. The number of ether oxygens (including phenoxy) is 2. The fourth-order valence-corrected chi connectivity index (χ4v) is 5.90. The summed E-state index contributed by atoms with van der Waals surface area (Å²) in [5.74, 6) is -0.651. The number of aromatic nitrogens is 3. The van der Waals surface area contributed by atoms with Gasteiger partial charge in [-0.25, -0.2) is 14.2 Å². The number of allylic oxidation sites excluding steroid dienone is 1. The Kier molecular flexibility index (Phi) is 8.85. The summed E-state index contributed by atoms with van der Waals surface area (Å²) in [4.78, 5) is 27.9. The summed E-state index contributed by atoms with van der Waals surface area (Å²) in [5, 5.41) is 4.36. The van der Waals surface area contributed by atoms with E-state index < -0.39 is 17.5 Å². The molecule has 2 aromatic heterocycles. The molecular formula is C27H31ClFN5O3S2. The average molecular weight is 592 g/mol. The molecule has 3 aromatic rings. The summed E-state index contributed by atoms with van der Waals surface area (Å²) in [7, 11) is 2.06. The van der Waals surface area contributed by atoms with Crippen LogP contribution in [0.1, 0.15) is 39.2 Å². The zero-order chi connectivity index (χ0) is 28.5. The summed E-state index contributed by atoms with van der Waals surface area (Å²) in [6.45, 7) is 14.6. The smallest absolute Gasteiger partial charge is 0.413 e. The fraction of sp³-hybridized carbons (Fsp3) is 0.407. The third kappa shape index (κ3) is 6.54. The van der Waals surface area contributed by atoms with Gasteiger partial charge in [-0.15, -0.1) is 11.8 Å². The molecule has 4 rings (SSSR count). The summed E-state index contributed by atoms with van der Waals surface area (Å²) in [6, 6.07) is 2.00. The van der Waals surface area contributed by atoms with Crippen molar-refractivity contribution in [2.75, 3.05) is 31.8 Å². The highest BCUT2D eigenvalue weighted by molar-refractivity contribution is 7.98. The van der Waals surface area contributed by atoms with E-state index in [4.69, 9.17) is 21.1 Å². The molecule has 1 aliphatic rings. The number of fused-ring (bicyclic) bond motifs is 1. The number of carbonyl (C=O) groups excluding carboxylic acids is 1. The van der Waals surface area contributed by atoms with Crippen LogP contribution in [0.5, 0.6) is 6.01 Å². The summed E-state index contributed by atoms with van der Waals surface area (Å²) in [5.41, 5.74) is -0.205. The Bertz CT molecular complexity index is 1540. The topological polar surface area (TPSA) is 89.5 Å². The molecule has 3 heterocycles. The minimum absolute atomic E-state index is 0.0745. The molecule has 0 radical (unpaired) electrons. The largest absolute Gasteiger partial charge is 0.462 e. The van der Waals surface area contributed by atoms with E-state index in [0.29, 0.717) is 32.5 Å². The van der Waals surface area contributed by atoms with Gasteiger partial charge in [0.15, 0.2) is 10.9 Å². The van der Waals surface area contributed by atoms with Gasteiger partial charge in [0, 0.05) is 27.1 Å². The molecule has 1 unspecified atom stereocenters. The molecule has 1 aromatic carbocycles. The van der Waals surface area contributed by atoms with E-state index in [1.807, 2.05) is 6.26 Å². The van der Waals surface area contributed by atoms with Crippen LogP contribution in [0.25, 0.3) is 23.1 Å². The van der Waals surface area contributed by atoms with Crippen LogP contribution in [0.2, 0.25) is 5.02 Å². The molecular weight excluding hydrogens is 561 g/mol. The lowest BCUT2D eigenvalue weighted by Gasteiger charge is -2.19. The van der Waals surface area contributed by atoms with Crippen molar-refractivity contribution < 1.29 is 18.7 Å². The maximum absolute atomic E-state index is 16.2. The third-order valence-electron chi connectivity index (χ3n) is 6.13. The van der Waals surface area contributed by atoms with Gasteiger partial charge >= 0.3 is 12.1 Å². The number of likely N-dealkylation sites (tertiary alicyclic amines) is 1. The summed E-state index contributed by atoms with van der Waals surface area (Å²) in [6.07, 6.45) is 4.78. The van der Waals surface area contributed by atoms with Crippen molar-refractivity contribution in [3.8, 4) is 6.01 Å². The van der Waals surface area contributed by atoms with Gasteiger partial charge in [-0.2, -0.15) is 9.97 Å². The van der Waals surface area contributed by atoms with Gasteiger partial charge in [-0.1, -0.05) is 42.2 Å². The number of amides is 1. The van der Waals surface area contributed by atoms with Crippen LogP contribution >= 0.6 is 34.7 Å². The first-order valence-electron chi connectivity index (χ1n) is 12.3. The zero-order valence-corrected chi connectivity index (χ0v) is 24.9. The predicted molar refractivity (Wildman–Crippen MR) is 157 cm³/mol. The highest BCUT2D eigenvalue weighted by Gasteiger charge is 2.24. The van der Waals surface area contributed by atoms with Crippen molar-refractivity contribution in [1.82, 2.24) is 19.9 Å². The van der Waals surface area contributed by atoms with Gasteiger partial charge in [-0.05, 0) is 59.5 Å². The highest BCUT2D eigenvalue weighted by atomic mass is 35.5. The van der Waals surface area contributed by atoms with Crippen molar-refractivity contribution in [1.29, 1.82) is 0 Å². The Morgan fingerprint density at radius 2 is 2.13 bits per heavy atom. The van der Waals surface area contributed by atoms with Crippen molar-refractivity contribution in [2.24, 2.45) is 0 Å². The number of likely N-dealkylation sites (N-methyl/N-ethyl adjacent to an activating group) is 1. The van der Waals surface area contributed by atoms with Gasteiger partial charge < -0.3 is 14.4 Å². The average Bonchev–Trinajstić information content (AvgIpc) is 3.43. The number of carbonyl (C=O) groups is 1. The highest BCUT2D eigenvalue weighted by Crippen LogP contribution is 2.36. The van der Waals surface area contributed by atoms with E-state index >= 15 is 4.39 Å². The molecule has 1 saturated heterocycles. The fourth-order valence-electron chi connectivity index (χ4n) is 4.30. The van der Waals surface area contributed by atoms with Crippen LogP contribution in [-0.4, -0.2) is 64.0 Å². The van der Waals surface area contributed by atoms with Crippen LogP contribution in [0.3, 0.4) is 0 Å². The van der Waals surface area contributed by atoms with E-state index in [0.717, 1.165) is 30.7 Å². The van der Waals surface area contributed by atoms with Crippen molar-refractivity contribution in [2.45, 2.75) is 50.3 Å². The molecule has 0 spiro atoms. The molecule has 1 amide bonds. The third-order valence-corrected chi connectivity index (χ3v) is 7.95. The van der Waals surface area contributed by atoms with Gasteiger partial charge in [-0.3, -0.25) is 5.32 Å². The van der Waals surface area contributed by atoms with Gasteiger partial charge in [0.25, 0.3) is 0 Å². The molecule has 0 bridgehead atoms. The lowest BCUT2D eigenvalue weighted by molar-refractivity contribution is 0.0636. The van der Waals surface area contributed by atoms with Crippen LogP contribution in [0.15, 0.2) is 23.7 Å². The Morgan fingerprint density at radius 1 is 1.38 bits per heavy atom. The lowest BCUT2D eigenvalue weighted by Crippen LogP contribution is -2.30. The van der Waals surface area contributed by atoms with Crippen LogP contribution < -0.4 is 19.9 Å². The summed E-state index contributed by atoms with van der Waals surface area (Å²) < 4.78 is 27.9. The van der Waals surface area contributed by atoms with Crippen LogP contribution in [0, 0.1) is 5.82 Å². The second-order valence-electron chi connectivity index (χ2n) is 10.1. The van der Waals surface area contributed by atoms with Crippen molar-refractivity contribution in [3.63, 3.8) is 0 Å². The molecule has 0 saturated carbocycles. The number of hydrogen-bond donors (Lipinski definition) is 1. The second kappa shape index (κ2) is 11.8. The van der Waals surface area contributed by atoms with E-state index in [1.54, 1.807) is 26.8 Å². The van der Waals surface area contributed by atoms with Crippen LogP contribution in [-0.2, 0) is 4.74 Å². The van der Waals surface area contributed by atoms with E-state index in [2.05, 4.69) is 45.4 Å². The Balaban J connectivity index is 1.78. The first-order valence-corrected chi connectivity index (χ1v) is 14.7. The number of nitrogens with one attached hydrogen (secondary N) is 1. The Morgan fingerprint density at radius 3 is 2.74 bits per heavy atom. The normalized spacial score (nSPS) is 16.8. The SMILES string of the molecule is C=C/C(c1c(Cl)cc2c(SC)nc(OCC3CCCN3C)nc2c1F)=c1/nc(NC(=O)OC(C)(C)C)sc1=C. The molecule has 0 aliphatic carbocycles. The first-order chi connectivity index (χ1) is 18.4. The number of benzene rings is 1. The van der Waals surface area contributed by atoms with Crippen LogP contribution in [0.4, 0.5) is 14.3 Å². The molecule has 1 aliphatic heterocycles. The number of rotatable bonds is 7. The van der Waals surface area contributed by atoms with Crippen molar-refractivity contribution in [3.05, 3.63) is 45.0 Å². The maximum Gasteiger partial charge on any atom is 0.413 e. The van der Waals surface area contributed by atoms with Gasteiger partial charge in [0.1, 0.15) is 22.8 Å². The molecule has 1 fully saturated rings. The second-order valence-corrected chi connectivity index (χ2v) is 12.4. The van der Waals surface area contributed by atoms with Gasteiger partial charge in [0.2, 0.25) is 0 Å². The predicted octanol–water partition coefficient (Wildman–Crippen LogP) is 5.22. The monoisotopic (exact) mass is 591 g/mol. The molecule has 208 valence electrons. The molecule has 8 nitrogen and oxygen atoms in total. The molecule has 1 N–H and O–H groups in total. The lowest BCUT2D eigenvalue weighted by atomic mass is 10.0. The molecule has 12 heteroatoms. The van der Waals surface area contributed by atoms with E-state index in [-0.39, 0.29) is 33.3 Å². The summed E-state index contributed by atoms with van der Waals surface area (Å²) >= 11 is 9.12. The zero-order valence-electron chi connectivity index (χ0n) is 22.6. The standard InChI is InChI=1S/C27H31ClFN5O3S2/c1-8-16(21-14(2)39-25(31-21)33-26(35)37-27(3,4)5)19-18(28)12-17-22(20(19)29)30-24(32-23(17)38-7)36-13-15-10-9-11-34(15)6/h8,12,15H,1-2,9-11,13H2,3-7H3,(H,31,33,35)/b21-16-. The van der Waals surface area contributed by atoms with Gasteiger partial charge in [0.05, 0.1) is 10.4 Å². The Labute approximate surface area is 240 Å². The number of nitrogens with zero attached hydrogens (tertiary/aromatic N) is 4. The number of hydrogen-bond acceptors (Lipinski definition) is 9. The number of anilines is 1. The Hall–Kier alpha value is -2.73. The molecule has 39 heavy (non-hydrogen) atoms. The van der Waals surface area contributed by atoms with E-state index in [9.17, 15) is 4.79 Å². The number of thioether (sulfide) groups is 1. The number of thiazole rings is 1. The van der Waals surface area contributed by atoms with Crippen molar-refractivity contribution >= 4 is 69.0 Å². The first kappa shape index (κ1) is 29.3. The number of halogens is 2. The molecule has 1 atom stereocenters.